The lowest BCUT2D eigenvalue weighted by Gasteiger charge is -2.11. The van der Waals surface area contributed by atoms with Gasteiger partial charge in [-0.1, -0.05) is 30.7 Å². The Labute approximate surface area is 162 Å². The number of nitrogens with one attached hydrogen (secondary N) is 2. The molecule has 0 aliphatic heterocycles. The Morgan fingerprint density at radius 2 is 1.89 bits per heavy atom. The molecule has 1 aromatic heterocycles. The number of hydrogen-bond acceptors (Lipinski definition) is 5. The molecule has 0 unspecified atom stereocenters. The molecule has 0 radical (unpaired) electrons. The van der Waals surface area contributed by atoms with Crippen LogP contribution in [-0.4, -0.2) is 23.0 Å². The number of nitrogens with zero attached hydrogens (tertiary/aromatic N) is 2. The fourth-order valence-corrected chi connectivity index (χ4v) is 2.62. The van der Waals surface area contributed by atoms with Crippen LogP contribution in [0.15, 0.2) is 54.9 Å². The van der Waals surface area contributed by atoms with Gasteiger partial charge in [-0.2, -0.15) is 0 Å². The second-order valence-corrected chi connectivity index (χ2v) is 6.20. The average molecular weight is 383 g/mol. The van der Waals surface area contributed by atoms with Gasteiger partial charge < -0.3 is 15.4 Å². The van der Waals surface area contributed by atoms with Crippen LogP contribution in [0.5, 0.6) is 5.75 Å². The monoisotopic (exact) mass is 382 g/mol. The van der Waals surface area contributed by atoms with Crippen molar-refractivity contribution in [3.63, 3.8) is 0 Å². The van der Waals surface area contributed by atoms with Crippen molar-refractivity contribution in [1.29, 1.82) is 0 Å². The van der Waals surface area contributed by atoms with Gasteiger partial charge in [-0.25, -0.2) is 9.97 Å². The summed E-state index contributed by atoms with van der Waals surface area (Å²) in [6, 6.07) is 12.9. The molecule has 1 heterocycles. The zero-order valence-electron chi connectivity index (χ0n) is 15.0. The van der Waals surface area contributed by atoms with Crippen LogP contribution in [0.1, 0.15) is 23.0 Å². The molecule has 138 valence electrons. The van der Waals surface area contributed by atoms with Gasteiger partial charge in [0.15, 0.2) is 0 Å². The lowest BCUT2D eigenvalue weighted by molar-refractivity contribution is 0.102. The summed E-state index contributed by atoms with van der Waals surface area (Å²) in [5, 5.41) is 6.45. The number of benzene rings is 2. The molecule has 0 bridgehead atoms. The SMILES string of the molecule is CCc1ccc(NC(=O)c2cnc(Nc3cc(Cl)ccc3OC)cn2)cc1. The number of halogens is 1. The molecule has 0 spiro atoms. The molecule has 0 saturated carbocycles. The Bertz CT molecular complexity index is 928. The predicted molar refractivity (Wildman–Crippen MR) is 107 cm³/mol. The van der Waals surface area contributed by atoms with Crippen molar-refractivity contribution in [2.24, 2.45) is 0 Å². The quantitative estimate of drug-likeness (QED) is 0.646. The molecule has 0 aliphatic rings. The Balaban J connectivity index is 1.69. The summed E-state index contributed by atoms with van der Waals surface area (Å²) >= 11 is 6.02. The van der Waals surface area contributed by atoms with E-state index in [1.807, 2.05) is 24.3 Å². The number of hydrogen-bond donors (Lipinski definition) is 2. The van der Waals surface area contributed by atoms with Crippen LogP contribution >= 0.6 is 11.6 Å². The van der Waals surface area contributed by atoms with Gasteiger partial charge in [-0.3, -0.25) is 4.79 Å². The molecular weight excluding hydrogens is 364 g/mol. The molecule has 7 heteroatoms. The number of ether oxygens (including phenoxy) is 1. The zero-order chi connectivity index (χ0) is 19.2. The normalized spacial score (nSPS) is 10.3. The molecular formula is C20H19ClN4O2. The van der Waals surface area contributed by atoms with E-state index in [0.29, 0.717) is 28.0 Å². The molecule has 6 nitrogen and oxygen atoms in total. The number of methoxy groups -OCH3 is 1. The molecule has 3 rings (SSSR count). The summed E-state index contributed by atoms with van der Waals surface area (Å²) < 4.78 is 5.28. The first-order chi connectivity index (χ1) is 13.1. The maximum atomic E-state index is 12.3. The number of rotatable bonds is 6. The Hall–Kier alpha value is -3.12. The summed E-state index contributed by atoms with van der Waals surface area (Å²) in [7, 11) is 1.57. The van der Waals surface area contributed by atoms with Crippen LogP contribution in [-0.2, 0) is 6.42 Å². The molecule has 0 aliphatic carbocycles. The molecule has 0 atom stereocenters. The Kier molecular flexibility index (Phi) is 5.88. The minimum atomic E-state index is -0.321. The maximum Gasteiger partial charge on any atom is 0.275 e. The maximum absolute atomic E-state index is 12.3. The molecule has 2 N–H and O–H groups in total. The third-order valence-electron chi connectivity index (χ3n) is 3.93. The van der Waals surface area contributed by atoms with E-state index in [2.05, 4.69) is 27.5 Å². The minimum Gasteiger partial charge on any atom is -0.495 e. The van der Waals surface area contributed by atoms with E-state index in [4.69, 9.17) is 16.3 Å². The summed E-state index contributed by atoms with van der Waals surface area (Å²) in [4.78, 5) is 20.7. The second kappa shape index (κ2) is 8.51. The highest BCUT2D eigenvalue weighted by molar-refractivity contribution is 6.31. The van der Waals surface area contributed by atoms with Gasteiger partial charge in [0, 0.05) is 10.7 Å². The summed E-state index contributed by atoms with van der Waals surface area (Å²) in [6.45, 7) is 2.08. The largest absolute Gasteiger partial charge is 0.495 e. The predicted octanol–water partition coefficient (Wildman–Crippen LogP) is 4.70. The van der Waals surface area contributed by atoms with Crippen LogP contribution in [0.25, 0.3) is 0 Å². The number of amides is 1. The first kappa shape index (κ1) is 18.7. The van der Waals surface area contributed by atoms with E-state index >= 15 is 0 Å². The number of aryl methyl sites for hydroxylation is 1. The molecule has 3 aromatic rings. The highest BCUT2D eigenvalue weighted by Crippen LogP contribution is 2.29. The van der Waals surface area contributed by atoms with Crippen molar-refractivity contribution < 1.29 is 9.53 Å². The van der Waals surface area contributed by atoms with Crippen LogP contribution < -0.4 is 15.4 Å². The first-order valence-electron chi connectivity index (χ1n) is 8.42. The summed E-state index contributed by atoms with van der Waals surface area (Å²) in [6.07, 6.45) is 3.84. The number of carbonyl (C=O) groups is 1. The number of carbonyl (C=O) groups excluding carboxylic acids is 1. The van der Waals surface area contributed by atoms with Crippen molar-refractivity contribution in [1.82, 2.24) is 9.97 Å². The third kappa shape index (κ3) is 4.74. The van der Waals surface area contributed by atoms with Crippen LogP contribution in [0, 0.1) is 0 Å². The Morgan fingerprint density at radius 3 is 2.52 bits per heavy atom. The smallest absolute Gasteiger partial charge is 0.275 e. The third-order valence-corrected chi connectivity index (χ3v) is 4.16. The molecule has 1 amide bonds. The van der Waals surface area contributed by atoms with Gasteiger partial charge in [0.1, 0.15) is 17.3 Å². The number of aromatic nitrogens is 2. The van der Waals surface area contributed by atoms with Gasteiger partial charge >= 0.3 is 0 Å². The van der Waals surface area contributed by atoms with E-state index in [1.165, 1.54) is 18.0 Å². The van der Waals surface area contributed by atoms with Crippen LogP contribution in [0.2, 0.25) is 5.02 Å². The average Bonchev–Trinajstić information content (AvgIpc) is 2.69. The molecule has 2 aromatic carbocycles. The first-order valence-corrected chi connectivity index (χ1v) is 8.79. The lowest BCUT2D eigenvalue weighted by Crippen LogP contribution is -2.14. The van der Waals surface area contributed by atoms with E-state index in [1.54, 1.807) is 25.3 Å². The van der Waals surface area contributed by atoms with E-state index < -0.39 is 0 Å². The van der Waals surface area contributed by atoms with Crippen molar-refractivity contribution in [3.05, 3.63) is 71.1 Å². The van der Waals surface area contributed by atoms with E-state index in [9.17, 15) is 4.79 Å². The van der Waals surface area contributed by atoms with Crippen molar-refractivity contribution >= 4 is 34.7 Å². The fourth-order valence-electron chi connectivity index (χ4n) is 2.44. The van der Waals surface area contributed by atoms with Crippen LogP contribution in [0.3, 0.4) is 0 Å². The highest BCUT2D eigenvalue weighted by atomic mass is 35.5. The Morgan fingerprint density at radius 1 is 1.11 bits per heavy atom. The van der Waals surface area contributed by atoms with Crippen molar-refractivity contribution in [3.8, 4) is 5.75 Å². The topological polar surface area (TPSA) is 76.1 Å². The zero-order valence-corrected chi connectivity index (χ0v) is 15.7. The van der Waals surface area contributed by atoms with Crippen molar-refractivity contribution in [2.45, 2.75) is 13.3 Å². The lowest BCUT2D eigenvalue weighted by atomic mass is 10.1. The van der Waals surface area contributed by atoms with Crippen molar-refractivity contribution in [2.75, 3.05) is 17.7 Å². The van der Waals surface area contributed by atoms with Gasteiger partial charge in [0.05, 0.1) is 25.2 Å². The minimum absolute atomic E-state index is 0.221. The van der Waals surface area contributed by atoms with Gasteiger partial charge in [0.25, 0.3) is 5.91 Å². The summed E-state index contributed by atoms with van der Waals surface area (Å²) in [5.74, 6) is 0.775. The number of anilines is 3. The molecule has 27 heavy (non-hydrogen) atoms. The second-order valence-electron chi connectivity index (χ2n) is 5.76. The van der Waals surface area contributed by atoms with Gasteiger partial charge in [0.2, 0.25) is 0 Å². The molecule has 0 saturated heterocycles. The standard InChI is InChI=1S/C20H19ClN4O2/c1-3-13-4-7-15(8-5-13)24-20(26)17-11-23-19(12-22-17)25-16-10-14(21)6-9-18(16)27-2/h4-12H,3H2,1-2H3,(H,23,25)(H,24,26). The van der Waals surface area contributed by atoms with E-state index in [-0.39, 0.29) is 11.6 Å². The van der Waals surface area contributed by atoms with Gasteiger partial charge in [-0.15, -0.1) is 0 Å². The van der Waals surface area contributed by atoms with Crippen LogP contribution in [0.4, 0.5) is 17.2 Å². The summed E-state index contributed by atoms with van der Waals surface area (Å²) in [5.41, 5.74) is 2.80. The van der Waals surface area contributed by atoms with E-state index in [0.717, 1.165) is 6.42 Å². The van der Waals surface area contributed by atoms with Gasteiger partial charge in [-0.05, 0) is 42.3 Å². The molecule has 0 fully saturated rings. The highest BCUT2D eigenvalue weighted by Gasteiger charge is 2.10. The fraction of sp³-hybridized carbons (Fsp3) is 0.150.